The monoisotopic (exact) mass is 528 g/mol. The average Bonchev–Trinajstić information content (AvgIpc) is 2.75. The molecule has 0 saturated heterocycles. The molecule has 0 atom stereocenters. The van der Waals surface area contributed by atoms with E-state index in [4.69, 9.17) is 9.47 Å². The molecule has 7 heteroatoms. The normalized spacial score (nSPS) is 10.7. The van der Waals surface area contributed by atoms with Gasteiger partial charge in [0.25, 0.3) is 5.91 Å². The zero-order valence-electron chi connectivity index (χ0n) is 17.1. The Hall–Kier alpha value is -3.20. The zero-order valence-corrected chi connectivity index (χ0v) is 19.3. The summed E-state index contributed by atoms with van der Waals surface area (Å²) in [5.41, 5.74) is 5.63. The Kier molecular flexibility index (Phi) is 7.77. The SMILES string of the molecule is Cc1cccc(C)c1OCC(=O)N/N=C\c1ccc(OC(=O)c2ccccc2I)cc1. The van der Waals surface area contributed by atoms with Crippen molar-refractivity contribution in [2.24, 2.45) is 5.10 Å². The molecule has 0 heterocycles. The molecule has 0 radical (unpaired) electrons. The highest BCUT2D eigenvalue weighted by Crippen LogP contribution is 2.22. The van der Waals surface area contributed by atoms with Crippen LogP contribution in [0.3, 0.4) is 0 Å². The van der Waals surface area contributed by atoms with E-state index in [1.165, 1.54) is 6.21 Å². The highest BCUT2D eigenvalue weighted by atomic mass is 127. The van der Waals surface area contributed by atoms with Gasteiger partial charge in [-0.25, -0.2) is 10.2 Å². The van der Waals surface area contributed by atoms with Gasteiger partial charge in [0.2, 0.25) is 0 Å². The Morgan fingerprint density at radius 1 is 0.968 bits per heavy atom. The Labute approximate surface area is 194 Å². The van der Waals surface area contributed by atoms with Crippen molar-refractivity contribution in [3.8, 4) is 11.5 Å². The van der Waals surface area contributed by atoms with Crippen molar-refractivity contribution in [2.75, 3.05) is 6.61 Å². The molecule has 31 heavy (non-hydrogen) atoms. The Bertz CT molecular complexity index is 1090. The third-order valence-corrected chi connectivity index (χ3v) is 5.28. The molecule has 0 aliphatic rings. The van der Waals surface area contributed by atoms with Crippen LogP contribution in [0.5, 0.6) is 11.5 Å². The van der Waals surface area contributed by atoms with E-state index in [0.717, 1.165) is 20.3 Å². The third-order valence-electron chi connectivity index (χ3n) is 4.34. The van der Waals surface area contributed by atoms with Crippen LogP contribution >= 0.6 is 22.6 Å². The van der Waals surface area contributed by atoms with Gasteiger partial charge in [0, 0.05) is 3.57 Å². The topological polar surface area (TPSA) is 77.0 Å². The zero-order chi connectivity index (χ0) is 22.2. The van der Waals surface area contributed by atoms with E-state index in [1.807, 2.05) is 44.2 Å². The van der Waals surface area contributed by atoms with Crippen molar-refractivity contribution in [3.63, 3.8) is 0 Å². The van der Waals surface area contributed by atoms with Gasteiger partial charge < -0.3 is 9.47 Å². The highest BCUT2D eigenvalue weighted by molar-refractivity contribution is 14.1. The second kappa shape index (κ2) is 10.7. The van der Waals surface area contributed by atoms with Crippen LogP contribution in [0.25, 0.3) is 0 Å². The number of rotatable bonds is 7. The van der Waals surface area contributed by atoms with E-state index in [0.29, 0.717) is 17.1 Å². The number of hydrazone groups is 1. The number of halogens is 1. The summed E-state index contributed by atoms with van der Waals surface area (Å²) in [7, 11) is 0. The molecule has 158 valence electrons. The van der Waals surface area contributed by atoms with Crippen molar-refractivity contribution < 1.29 is 19.1 Å². The average molecular weight is 528 g/mol. The number of nitrogens with zero attached hydrogens (tertiary/aromatic N) is 1. The van der Waals surface area contributed by atoms with E-state index in [1.54, 1.807) is 36.4 Å². The van der Waals surface area contributed by atoms with Crippen molar-refractivity contribution in [2.45, 2.75) is 13.8 Å². The first-order valence-corrected chi connectivity index (χ1v) is 10.6. The molecule has 0 unspecified atom stereocenters. The molecule has 1 amide bonds. The predicted molar refractivity (Wildman–Crippen MR) is 128 cm³/mol. The van der Waals surface area contributed by atoms with Gasteiger partial charge in [-0.3, -0.25) is 4.79 Å². The Balaban J connectivity index is 1.49. The first-order chi connectivity index (χ1) is 14.9. The fourth-order valence-corrected chi connectivity index (χ4v) is 3.39. The number of esters is 1. The van der Waals surface area contributed by atoms with Gasteiger partial charge in [0.1, 0.15) is 11.5 Å². The number of nitrogens with one attached hydrogen (secondary N) is 1. The number of carbonyl (C=O) groups is 2. The molecule has 6 nitrogen and oxygen atoms in total. The van der Waals surface area contributed by atoms with E-state index >= 15 is 0 Å². The fourth-order valence-electron chi connectivity index (χ4n) is 2.79. The van der Waals surface area contributed by atoms with Crippen LogP contribution in [0, 0.1) is 17.4 Å². The molecule has 0 spiro atoms. The van der Waals surface area contributed by atoms with E-state index < -0.39 is 5.97 Å². The minimum atomic E-state index is -0.414. The summed E-state index contributed by atoms with van der Waals surface area (Å²) < 4.78 is 11.8. The maximum Gasteiger partial charge on any atom is 0.344 e. The van der Waals surface area contributed by atoms with Gasteiger partial charge in [-0.2, -0.15) is 5.10 Å². The summed E-state index contributed by atoms with van der Waals surface area (Å²) in [4.78, 5) is 24.2. The van der Waals surface area contributed by atoms with Crippen LogP contribution < -0.4 is 14.9 Å². The van der Waals surface area contributed by atoms with Gasteiger partial charge in [0.15, 0.2) is 6.61 Å². The molecule has 3 aromatic rings. The second-order valence-corrected chi connectivity index (χ2v) is 7.90. The molecule has 3 rings (SSSR count). The standard InChI is InChI=1S/C24H21IN2O4/c1-16-6-5-7-17(2)23(16)30-15-22(28)27-26-14-18-10-12-19(13-11-18)31-24(29)20-8-3-4-9-21(20)25/h3-14H,15H2,1-2H3,(H,27,28)/b26-14-. The molecule has 0 bridgehead atoms. The van der Waals surface area contributed by atoms with Gasteiger partial charge in [0.05, 0.1) is 11.8 Å². The summed E-state index contributed by atoms with van der Waals surface area (Å²) in [5.74, 6) is 0.356. The molecule has 0 saturated carbocycles. The number of benzene rings is 3. The first-order valence-electron chi connectivity index (χ1n) is 9.52. The van der Waals surface area contributed by atoms with E-state index in [2.05, 4.69) is 33.1 Å². The number of hydrogen-bond acceptors (Lipinski definition) is 5. The minimum Gasteiger partial charge on any atom is -0.483 e. The number of para-hydroxylation sites is 1. The molecule has 0 aromatic heterocycles. The third kappa shape index (κ3) is 6.39. The van der Waals surface area contributed by atoms with Gasteiger partial charge >= 0.3 is 5.97 Å². The van der Waals surface area contributed by atoms with Gasteiger partial charge in [-0.05, 0) is 89.5 Å². The fraction of sp³-hybridized carbons (Fsp3) is 0.125. The van der Waals surface area contributed by atoms with Crippen LogP contribution in [0.15, 0.2) is 71.8 Å². The number of amides is 1. The summed E-state index contributed by atoms with van der Waals surface area (Å²) in [6.45, 7) is 3.73. The molecule has 0 aliphatic heterocycles. The van der Waals surface area contributed by atoms with Crippen LogP contribution in [-0.4, -0.2) is 24.7 Å². The van der Waals surface area contributed by atoms with Crippen LogP contribution in [0.1, 0.15) is 27.0 Å². The number of aryl methyl sites for hydroxylation is 2. The van der Waals surface area contributed by atoms with Crippen molar-refractivity contribution in [1.29, 1.82) is 0 Å². The number of carbonyl (C=O) groups excluding carboxylic acids is 2. The van der Waals surface area contributed by atoms with Crippen molar-refractivity contribution >= 4 is 40.7 Å². The number of ether oxygens (including phenoxy) is 2. The van der Waals surface area contributed by atoms with Crippen molar-refractivity contribution in [3.05, 3.63) is 92.6 Å². The maximum absolute atomic E-state index is 12.3. The lowest BCUT2D eigenvalue weighted by Crippen LogP contribution is -2.25. The minimum absolute atomic E-state index is 0.129. The maximum atomic E-state index is 12.3. The van der Waals surface area contributed by atoms with Crippen LogP contribution in [0.4, 0.5) is 0 Å². The molecule has 3 aromatic carbocycles. The lowest BCUT2D eigenvalue weighted by molar-refractivity contribution is -0.123. The largest absolute Gasteiger partial charge is 0.483 e. The second-order valence-electron chi connectivity index (χ2n) is 6.74. The highest BCUT2D eigenvalue weighted by Gasteiger charge is 2.11. The molecule has 0 fully saturated rings. The van der Waals surface area contributed by atoms with Crippen LogP contribution in [0.2, 0.25) is 0 Å². The number of hydrogen-bond donors (Lipinski definition) is 1. The Morgan fingerprint density at radius 2 is 1.65 bits per heavy atom. The van der Waals surface area contributed by atoms with E-state index in [-0.39, 0.29) is 12.5 Å². The Morgan fingerprint density at radius 3 is 2.32 bits per heavy atom. The quantitative estimate of drug-likeness (QED) is 0.159. The van der Waals surface area contributed by atoms with Crippen molar-refractivity contribution in [1.82, 2.24) is 5.43 Å². The molecular formula is C24H21IN2O4. The van der Waals surface area contributed by atoms with E-state index in [9.17, 15) is 9.59 Å². The first kappa shape index (κ1) is 22.5. The smallest absolute Gasteiger partial charge is 0.344 e. The lowest BCUT2D eigenvalue weighted by Gasteiger charge is -2.10. The summed E-state index contributed by atoms with van der Waals surface area (Å²) >= 11 is 2.09. The molecule has 1 N–H and O–H groups in total. The summed E-state index contributed by atoms with van der Waals surface area (Å²) in [6.07, 6.45) is 1.50. The molecular weight excluding hydrogens is 507 g/mol. The summed E-state index contributed by atoms with van der Waals surface area (Å²) in [6, 6.07) is 19.8. The van der Waals surface area contributed by atoms with Gasteiger partial charge in [-0.15, -0.1) is 0 Å². The van der Waals surface area contributed by atoms with Crippen LogP contribution in [-0.2, 0) is 4.79 Å². The predicted octanol–water partition coefficient (Wildman–Crippen LogP) is 4.66. The lowest BCUT2D eigenvalue weighted by atomic mass is 10.1. The molecule has 0 aliphatic carbocycles. The van der Waals surface area contributed by atoms with Gasteiger partial charge in [-0.1, -0.05) is 30.3 Å². The summed E-state index contributed by atoms with van der Waals surface area (Å²) in [5, 5.41) is 3.94.